The molecule has 3 rings (SSSR count). The number of carbonyl (C=O) groups is 1. The van der Waals surface area contributed by atoms with E-state index in [0.717, 1.165) is 36.5 Å². The Kier molecular flexibility index (Phi) is 8.55. The van der Waals surface area contributed by atoms with Crippen LogP contribution < -0.4 is 15.4 Å². The number of pyridine rings is 2. The summed E-state index contributed by atoms with van der Waals surface area (Å²) in [4.78, 5) is 16.8. The second-order valence-corrected chi connectivity index (χ2v) is 8.67. The molecule has 41 heavy (non-hydrogen) atoms. The lowest BCUT2D eigenvalue weighted by atomic mass is 9.97. The number of amides is 1. The van der Waals surface area contributed by atoms with Crippen molar-refractivity contribution in [1.29, 1.82) is 0 Å². The van der Waals surface area contributed by atoms with Gasteiger partial charge in [-0.25, -0.2) is 4.39 Å². The molecule has 0 bridgehead atoms. The minimum Gasteiger partial charge on any atom is -0.618 e. The Morgan fingerprint density at radius 1 is 0.951 bits per heavy atom. The van der Waals surface area contributed by atoms with Gasteiger partial charge in [0.1, 0.15) is 17.6 Å². The molecule has 1 unspecified atom stereocenters. The summed E-state index contributed by atoms with van der Waals surface area (Å²) in [6.45, 7) is 3.85. The first kappa shape index (κ1) is 31.2. The van der Waals surface area contributed by atoms with Gasteiger partial charge in [0.2, 0.25) is 0 Å². The van der Waals surface area contributed by atoms with Crippen LogP contribution in [-0.4, -0.2) is 23.2 Å². The summed E-state index contributed by atoms with van der Waals surface area (Å²) in [5.41, 5.74) is -5.29. The minimum atomic E-state index is -5.33. The predicted molar refractivity (Wildman–Crippen MR) is 123 cm³/mol. The van der Waals surface area contributed by atoms with E-state index in [-0.39, 0.29) is 16.8 Å². The van der Waals surface area contributed by atoms with Crippen molar-refractivity contribution >= 4 is 5.91 Å². The highest BCUT2D eigenvalue weighted by Crippen LogP contribution is 2.37. The number of nitrogens with zero attached hydrogens (tertiary/aromatic N) is 2. The lowest BCUT2D eigenvalue weighted by Gasteiger charge is -2.26. The van der Waals surface area contributed by atoms with E-state index in [9.17, 15) is 53.9 Å². The van der Waals surface area contributed by atoms with Crippen LogP contribution in [0.15, 0.2) is 67.1 Å². The van der Waals surface area contributed by atoms with E-state index >= 15 is 0 Å². The van der Waals surface area contributed by atoms with Crippen molar-refractivity contribution < 1.29 is 53.4 Å². The number of rotatable bonds is 7. The molecule has 0 aliphatic carbocycles. The van der Waals surface area contributed by atoms with Gasteiger partial charge in [0.25, 0.3) is 11.6 Å². The highest BCUT2D eigenvalue weighted by molar-refractivity contribution is 5.96. The van der Waals surface area contributed by atoms with Crippen molar-refractivity contribution in [2.24, 2.45) is 0 Å². The summed E-state index contributed by atoms with van der Waals surface area (Å²) in [7, 11) is 0. The standard InChI is InChI=1S/C25H18F10N4O2/c1-12(14-3-6-20(24(30,31)32)39(41)11-14)37-22(40)17-8-15(19-5-4-18(26)10-36-19)7-16(9-17)21(25(33,34)35)38-13(2)23(27,28)29/h3-12,21,38H,2H2,1H3,(H,37,40)/t12-,21?/m1/s1. The predicted octanol–water partition coefficient (Wildman–Crippen LogP) is 6.30. The number of benzene rings is 1. The minimum absolute atomic E-state index is 0.103. The van der Waals surface area contributed by atoms with E-state index in [1.54, 1.807) is 0 Å². The molecule has 2 aromatic heterocycles. The van der Waals surface area contributed by atoms with Crippen LogP contribution >= 0.6 is 0 Å². The van der Waals surface area contributed by atoms with Gasteiger partial charge in [0.15, 0.2) is 6.20 Å². The molecule has 6 nitrogen and oxygen atoms in total. The van der Waals surface area contributed by atoms with E-state index in [1.165, 1.54) is 12.2 Å². The average molecular weight is 596 g/mol. The van der Waals surface area contributed by atoms with Gasteiger partial charge in [0, 0.05) is 22.8 Å². The number of carbonyl (C=O) groups excluding carboxylic acids is 1. The molecule has 1 aromatic carbocycles. The number of allylic oxidation sites excluding steroid dienone is 1. The third kappa shape index (κ3) is 7.64. The van der Waals surface area contributed by atoms with Crippen LogP contribution in [0.25, 0.3) is 11.3 Å². The van der Waals surface area contributed by atoms with Gasteiger partial charge in [-0.2, -0.15) is 44.2 Å². The number of nitrogens with one attached hydrogen (secondary N) is 2. The Hall–Kier alpha value is -4.37. The third-order valence-electron chi connectivity index (χ3n) is 5.64. The van der Waals surface area contributed by atoms with Crippen LogP contribution in [0.3, 0.4) is 0 Å². The lowest BCUT2D eigenvalue weighted by Crippen LogP contribution is -2.38. The van der Waals surface area contributed by atoms with Crippen molar-refractivity contribution in [1.82, 2.24) is 15.6 Å². The molecule has 220 valence electrons. The number of halogens is 10. The van der Waals surface area contributed by atoms with E-state index in [1.807, 2.05) is 0 Å². The maximum absolute atomic E-state index is 13.9. The third-order valence-corrected chi connectivity index (χ3v) is 5.64. The summed E-state index contributed by atoms with van der Waals surface area (Å²) in [5.74, 6) is -1.91. The van der Waals surface area contributed by atoms with Crippen LogP contribution in [0.4, 0.5) is 43.9 Å². The van der Waals surface area contributed by atoms with Gasteiger partial charge in [-0.3, -0.25) is 9.78 Å². The maximum Gasteiger partial charge on any atom is 0.478 e. The molecule has 16 heteroatoms. The molecule has 0 aliphatic rings. The molecule has 3 aromatic rings. The fourth-order valence-corrected chi connectivity index (χ4v) is 3.59. The molecule has 0 radical (unpaired) electrons. The molecule has 2 heterocycles. The second kappa shape index (κ2) is 11.2. The van der Waals surface area contributed by atoms with Gasteiger partial charge in [-0.05, 0) is 48.9 Å². The Bertz CT molecular complexity index is 1430. The van der Waals surface area contributed by atoms with Crippen molar-refractivity contribution in [3.05, 3.63) is 101 Å². The first-order chi connectivity index (χ1) is 18.8. The molecular weight excluding hydrogens is 578 g/mol. The second-order valence-electron chi connectivity index (χ2n) is 8.67. The Balaban J connectivity index is 2.05. The van der Waals surface area contributed by atoms with E-state index in [2.05, 4.69) is 16.9 Å². The number of aromatic nitrogens is 2. The van der Waals surface area contributed by atoms with Crippen LogP contribution in [0.5, 0.6) is 0 Å². The zero-order chi connectivity index (χ0) is 30.9. The van der Waals surface area contributed by atoms with Crippen molar-refractivity contribution in [3.63, 3.8) is 0 Å². The Labute approximate surface area is 224 Å². The number of hydrogen-bond donors (Lipinski definition) is 2. The lowest BCUT2D eigenvalue weighted by molar-refractivity contribution is -0.629. The SMILES string of the molecule is C=C(NC(c1cc(C(=O)N[C@H](C)c2ccc(C(F)(F)F)[n+]([O-])c2)cc(-c2ccc(F)cn2)c1)C(F)(F)F)C(F)(F)F. The zero-order valence-electron chi connectivity index (χ0n) is 20.5. The van der Waals surface area contributed by atoms with Gasteiger partial charge in [-0.1, -0.05) is 6.58 Å². The molecule has 2 N–H and O–H groups in total. The Morgan fingerprint density at radius 2 is 1.61 bits per heavy atom. The number of alkyl halides is 9. The van der Waals surface area contributed by atoms with Gasteiger partial charge in [0.05, 0.1) is 17.9 Å². The van der Waals surface area contributed by atoms with Crippen molar-refractivity contribution in [2.45, 2.75) is 37.5 Å². The van der Waals surface area contributed by atoms with Gasteiger partial charge in [-0.15, -0.1) is 0 Å². The van der Waals surface area contributed by atoms with Crippen LogP contribution in [-0.2, 0) is 6.18 Å². The fourth-order valence-electron chi connectivity index (χ4n) is 3.59. The summed E-state index contributed by atoms with van der Waals surface area (Å²) in [6.07, 6.45) is -14.3. The largest absolute Gasteiger partial charge is 0.618 e. The molecule has 2 atom stereocenters. The van der Waals surface area contributed by atoms with Gasteiger partial charge >= 0.3 is 18.5 Å². The summed E-state index contributed by atoms with van der Waals surface area (Å²) < 4.78 is 132. The zero-order valence-corrected chi connectivity index (χ0v) is 20.5. The fraction of sp³-hybridized carbons (Fsp3) is 0.240. The van der Waals surface area contributed by atoms with Gasteiger partial charge < -0.3 is 15.8 Å². The van der Waals surface area contributed by atoms with Crippen LogP contribution in [0.1, 0.15) is 46.2 Å². The smallest absolute Gasteiger partial charge is 0.478 e. The molecule has 0 fully saturated rings. The van der Waals surface area contributed by atoms with Crippen LogP contribution in [0.2, 0.25) is 0 Å². The summed E-state index contributed by atoms with van der Waals surface area (Å²) >= 11 is 0. The molecular formula is C25H18F10N4O2. The number of hydrogen-bond acceptors (Lipinski definition) is 4. The van der Waals surface area contributed by atoms with E-state index in [4.69, 9.17) is 0 Å². The Morgan fingerprint density at radius 3 is 2.12 bits per heavy atom. The molecule has 0 saturated heterocycles. The molecule has 0 spiro atoms. The maximum atomic E-state index is 13.9. The normalized spacial score (nSPS) is 13.8. The topological polar surface area (TPSA) is 81.0 Å². The first-order valence-corrected chi connectivity index (χ1v) is 11.2. The van der Waals surface area contributed by atoms with E-state index < -0.39 is 69.6 Å². The summed E-state index contributed by atoms with van der Waals surface area (Å²) in [6, 6.07) is 1.64. The molecule has 0 aliphatic heterocycles. The molecule has 1 amide bonds. The highest BCUT2D eigenvalue weighted by Gasteiger charge is 2.45. The quantitative estimate of drug-likeness (QED) is 0.191. The monoisotopic (exact) mass is 596 g/mol. The highest BCUT2D eigenvalue weighted by atomic mass is 19.4. The summed E-state index contributed by atoms with van der Waals surface area (Å²) in [5, 5.41) is 15.4. The van der Waals surface area contributed by atoms with Crippen LogP contribution in [0, 0.1) is 11.0 Å². The van der Waals surface area contributed by atoms with E-state index in [0.29, 0.717) is 18.3 Å². The van der Waals surface area contributed by atoms with Crippen molar-refractivity contribution in [3.8, 4) is 11.3 Å². The van der Waals surface area contributed by atoms with Crippen molar-refractivity contribution in [2.75, 3.05) is 0 Å². The first-order valence-electron chi connectivity index (χ1n) is 11.2. The average Bonchev–Trinajstić information content (AvgIpc) is 2.85. The molecule has 0 saturated carbocycles.